The Balaban J connectivity index is 1.36. The Labute approximate surface area is 139 Å². The monoisotopic (exact) mass is 316 g/mol. The Morgan fingerprint density at radius 2 is 1.12 bits per heavy atom. The van der Waals surface area contributed by atoms with E-state index in [1.54, 1.807) is 12.4 Å². The lowest BCUT2D eigenvalue weighted by Gasteiger charge is -2.09. The molecular weight excluding hydrogens is 300 g/mol. The normalized spacial score (nSPS) is 10.8. The summed E-state index contributed by atoms with van der Waals surface area (Å²) >= 11 is 0. The smallest absolute Gasteiger partial charge is 0.122 e. The first-order valence-corrected chi connectivity index (χ1v) is 7.84. The summed E-state index contributed by atoms with van der Waals surface area (Å²) in [5, 5.41) is 2.20. The average molecular weight is 316 g/mol. The highest BCUT2D eigenvalue weighted by atomic mass is 16.5. The topological polar surface area (TPSA) is 44.2 Å². The van der Waals surface area contributed by atoms with Crippen LogP contribution in [0.2, 0.25) is 0 Å². The van der Waals surface area contributed by atoms with Crippen LogP contribution < -0.4 is 9.47 Å². The largest absolute Gasteiger partial charge is 0.490 e. The van der Waals surface area contributed by atoms with Gasteiger partial charge in [0.1, 0.15) is 24.7 Å². The average Bonchev–Trinajstić information content (AvgIpc) is 2.65. The third-order valence-corrected chi connectivity index (χ3v) is 3.78. The van der Waals surface area contributed by atoms with Crippen LogP contribution in [0.1, 0.15) is 0 Å². The lowest BCUT2D eigenvalue weighted by atomic mass is 10.2. The molecule has 24 heavy (non-hydrogen) atoms. The summed E-state index contributed by atoms with van der Waals surface area (Å²) in [5.74, 6) is 1.59. The van der Waals surface area contributed by atoms with Gasteiger partial charge in [0, 0.05) is 35.3 Å². The predicted octanol–water partition coefficient (Wildman–Crippen LogP) is 4.24. The van der Waals surface area contributed by atoms with Gasteiger partial charge in [-0.3, -0.25) is 9.97 Å². The molecule has 0 N–H and O–H groups in total. The number of nitrogens with zero attached hydrogens (tertiary/aromatic N) is 2. The SMILES string of the molecule is c1cnc2cc(OCCOc3ccc4cccnc4c3)ccc2c1. The molecule has 4 rings (SSSR count). The molecule has 0 fully saturated rings. The van der Waals surface area contributed by atoms with E-state index in [0.717, 1.165) is 33.3 Å². The van der Waals surface area contributed by atoms with E-state index in [4.69, 9.17) is 9.47 Å². The summed E-state index contributed by atoms with van der Waals surface area (Å²) < 4.78 is 11.5. The maximum Gasteiger partial charge on any atom is 0.122 e. The summed E-state index contributed by atoms with van der Waals surface area (Å²) in [7, 11) is 0. The molecule has 2 heterocycles. The molecule has 0 atom stereocenters. The Kier molecular flexibility index (Phi) is 3.94. The van der Waals surface area contributed by atoms with Crippen LogP contribution in [-0.4, -0.2) is 23.2 Å². The number of benzene rings is 2. The molecule has 0 saturated carbocycles. The molecule has 0 amide bonds. The second-order valence-electron chi connectivity index (χ2n) is 5.41. The lowest BCUT2D eigenvalue weighted by Crippen LogP contribution is -2.09. The van der Waals surface area contributed by atoms with E-state index in [-0.39, 0.29) is 0 Å². The molecule has 0 radical (unpaired) electrons. The molecule has 0 aliphatic heterocycles. The molecule has 4 heteroatoms. The summed E-state index contributed by atoms with van der Waals surface area (Å²) in [6.45, 7) is 0.942. The maximum absolute atomic E-state index is 5.74. The minimum absolute atomic E-state index is 0.471. The molecule has 0 bridgehead atoms. The van der Waals surface area contributed by atoms with Gasteiger partial charge in [0.05, 0.1) is 11.0 Å². The van der Waals surface area contributed by atoms with Crippen LogP contribution in [0.4, 0.5) is 0 Å². The van der Waals surface area contributed by atoms with Crippen LogP contribution in [0.15, 0.2) is 73.1 Å². The fraction of sp³-hybridized carbons (Fsp3) is 0.100. The number of rotatable bonds is 5. The van der Waals surface area contributed by atoms with Gasteiger partial charge in [0.25, 0.3) is 0 Å². The first kappa shape index (κ1) is 14.5. The van der Waals surface area contributed by atoms with Gasteiger partial charge in [-0.15, -0.1) is 0 Å². The zero-order valence-corrected chi connectivity index (χ0v) is 13.1. The van der Waals surface area contributed by atoms with Crippen LogP contribution in [0.3, 0.4) is 0 Å². The third-order valence-electron chi connectivity index (χ3n) is 3.78. The Morgan fingerprint density at radius 3 is 1.62 bits per heavy atom. The van der Waals surface area contributed by atoms with Gasteiger partial charge in [-0.05, 0) is 36.4 Å². The standard InChI is InChI=1S/C20H16N2O2/c1-3-15-5-7-17(13-19(15)21-9-1)23-11-12-24-18-8-6-16-4-2-10-22-20(16)14-18/h1-10,13-14H,11-12H2. The van der Waals surface area contributed by atoms with E-state index in [0.29, 0.717) is 13.2 Å². The van der Waals surface area contributed by atoms with Gasteiger partial charge < -0.3 is 9.47 Å². The fourth-order valence-corrected chi connectivity index (χ4v) is 2.59. The molecule has 0 aliphatic carbocycles. The summed E-state index contributed by atoms with van der Waals surface area (Å²) in [5.41, 5.74) is 1.85. The number of ether oxygens (including phenoxy) is 2. The molecule has 4 aromatic rings. The van der Waals surface area contributed by atoms with E-state index < -0.39 is 0 Å². The summed E-state index contributed by atoms with van der Waals surface area (Å²) in [6, 6.07) is 19.7. The second-order valence-corrected chi connectivity index (χ2v) is 5.41. The molecule has 2 aromatic carbocycles. The van der Waals surface area contributed by atoms with E-state index >= 15 is 0 Å². The Hall–Kier alpha value is -3.14. The van der Waals surface area contributed by atoms with Crippen molar-refractivity contribution in [3.05, 3.63) is 73.1 Å². The van der Waals surface area contributed by atoms with Crippen molar-refractivity contribution in [1.29, 1.82) is 0 Å². The summed E-state index contributed by atoms with van der Waals surface area (Å²) in [4.78, 5) is 8.66. The van der Waals surface area contributed by atoms with Crippen molar-refractivity contribution in [2.45, 2.75) is 0 Å². The van der Waals surface area contributed by atoms with Crippen molar-refractivity contribution in [2.75, 3.05) is 13.2 Å². The molecule has 0 unspecified atom stereocenters. The number of fused-ring (bicyclic) bond motifs is 2. The van der Waals surface area contributed by atoms with Crippen molar-refractivity contribution < 1.29 is 9.47 Å². The van der Waals surface area contributed by atoms with Gasteiger partial charge in [0.15, 0.2) is 0 Å². The van der Waals surface area contributed by atoms with Gasteiger partial charge >= 0.3 is 0 Å². The number of aromatic nitrogens is 2. The van der Waals surface area contributed by atoms with E-state index in [9.17, 15) is 0 Å². The lowest BCUT2D eigenvalue weighted by molar-refractivity contribution is 0.217. The van der Waals surface area contributed by atoms with Crippen molar-refractivity contribution in [3.8, 4) is 11.5 Å². The first-order chi connectivity index (χ1) is 11.9. The summed E-state index contributed by atoms with van der Waals surface area (Å²) in [6.07, 6.45) is 3.56. The zero-order valence-electron chi connectivity index (χ0n) is 13.1. The minimum Gasteiger partial charge on any atom is -0.490 e. The van der Waals surface area contributed by atoms with Crippen LogP contribution in [0.25, 0.3) is 21.8 Å². The number of hydrogen-bond acceptors (Lipinski definition) is 4. The predicted molar refractivity (Wildman–Crippen MR) is 94.5 cm³/mol. The molecule has 118 valence electrons. The molecule has 0 saturated heterocycles. The van der Waals surface area contributed by atoms with Gasteiger partial charge in [0.2, 0.25) is 0 Å². The van der Waals surface area contributed by atoms with Gasteiger partial charge in [-0.1, -0.05) is 12.1 Å². The van der Waals surface area contributed by atoms with Crippen LogP contribution in [-0.2, 0) is 0 Å². The first-order valence-electron chi connectivity index (χ1n) is 7.84. The van der Waals surface area contributed by atoms with Crippen LogP contribution >= 0.6 is 0 Å². The van der Waals surface area contributed by atoms with E-state index in [1.165, 1.54) is 0 Å². The minimum atomic E-state index is 0.471. The van der Waals surface area contributed by atoms with Crippen molar-refractivity contribution >= 4 is 21.8 Å². The highest BCUT2D eigenvalue weighted by Crippen LogP contribution is 2.20. The van der Waals surface area contributed by atoms with Crippen molar-refractivity contribution in [2.24, 2.45) is 0 Å². The van der Waals surface area contributed by atoms with E-state index in [2.05, 4.69) is 9.97 Å². The van der Waals surface area contributed by atoms with Crippen LogP contribution in [0, 0.1) is 0 Å². The highest BCUT2D eigenvalue weighted by Gasteiger charge is 2.00. The fourth-order valence-electron chi connectivity index (χ4n) is 2.59. The molecule has 0 aliphatic rings. The second kappa shape index (κ2) is 6.54. The zero-order chi connectivity index (χ0) is 16.2. The van der Waals surface area contributed by atoms with Gasteiger partial charge in [-0.2, -0.15) is 0 Å². The highest BCUT2D eigenvalue weighted by molar-refractivity contribution is 5.80. The van der Waals surface area contributed by atoms with Crippen molar-refractivity contribution in [1.82, 2.24) is 9.97 Å². The molecular formula is C20H16N2O2. The van der Waals surface area contributed by atoms with Gasteiger partial charge in [-0.25, -0.2) is 0 Å². The molecule has 2 aromatic heterocycles. The van der Waals surface area contributed by atoms with Crippen molar-refractivity contribution in [3.63, 3.8) is 0 Å². The molecule has 0 spiro atoms. The third kappa shape index (κ3) is 3.13. The Bertz CT molecular complexity index is 904. The quantitative estimate of drug-likeness (QED) is 0.517. The van der Waals surface area contributed by atoms with E-state index in [1.807, 2.05) is 60.7 Å². The Morgan fingerprint density at radius 1 is 0.625 bits per heavy atom. The number of hydrogen-bond donors (Lipinski definition) is 0. The molecule has 4 nitrogen and oxygen atoms in total. The number of pyridine rings is 2. The maximum atomic E-state index is 5.74. The van der Waals surface area contributed by atoms with Crippen LogP contribution in [0.5, 0.6) is 11.5 Å².